The second-order valence-corrected chi connectivity index (χ2v) is 11.2. The Labute approximate surface area is 258 Å². The number of hydrogen-bond acceptors (Lipinski definition) is 9. The van der Waals surface area contributed by atoms with Gasteiger partial charge in [-0.15, -0.1) is 0 Å². The van der Waals surface area contributed by atoms with E-state index in [1.54, 1.807) is 24.3 Å². The minimum atomic E-state index is -0.410. The lowest BCUT2D eigenvalue weighted by Crippen LogP contribution is -2.47. The van der Waals surface area contributed by atoms with Crippen LogP contribution in [0.4, 0.5) is 17.1 Å². The molecule has 1 aliphatic heterocycles. The van der Waals surface area contributed by atoms with Crippen molar-refractivity contribution >= 4 is 51.3 Å². The van der Waals surface area contributed by atoms with E-state index in [1.807, 2.05) is 54.6 Å². The predicted octanol–water partition coefficient (Wildman–Crippen LogP) is 6.42. The second kappa shape index (κ2) is 11.7. The summed E-state index contributed by atoms with van der Waals surface area (Å²) in [6.07, 6.45) is 0. The van der Waals surface area contributed by atoms with Gasteiger partial charge in [0.15, 0.2) is 11.5 Å². The Morgan fingerprint density at radius 2 is 1.70 bits per heavy atom. The molecule has 2 aliphatic rings. The van der Waals surface area contributed by atoms with Gasteiger partial charge < -0.3 is 24.2 Å². The third kappa shape index (κ3) is 5.14. The highest BCUT2D eigenvalue weighted by atomic mass is 35.5. The Morgan fingerprint density at radius 1 is 0.977 bits per heavy atom. The van der Waals surface area contributed by atoms with E-state index in [4.69, 9.17) is 25.6 Å². The number of esters is 1. The molecule has 1 aliphatic carbocycles. The number of nitrogens with one attached hydrogen (secondary N) is 1. The van der Waals surface area contributed by atoms with Crippen molar-refractivity contribution < 1.29 is 23.6 Å². The molecule has 4 aromatic carbocycles. The van der Waals surface area contributed by atoms with Crippen LogP contribution in [0, 0.1) is 0 Å². The Kier molecular flexibility index (Phi) is 7.41. The number of ketones is 1. The first-order valence-electron chi connectivity index (χ1n) is 14.4. The van der Waals surface area contributed by atoms with Gasteiger partial charge in [0.1, 0.15) is 17.9 Å². The summed E-state index contributed by atoms with van der Waals surface area (Å²) in [5.41, 5.74) is 5.23. The van der Waals surface area contributed by atoms with E-state index in [-0.39, 0.29) is 5.78 Å². The van der Waals surface area contributed by atoms with Crippen LogP contribution >= 0.6 is 11.6 Å². The molecule has 0 saturated carbocycles. The number of piperazine rings is 1. The number of methoxy groups -OCH3 is 1. The molecule has 0 spiro atoms. The molecule has 1 aromatic heterocycles. The number of carbonyl (C=O) groups excluding carboxylic acids is 2. The Hall–Kier alpha value is -4.86. The van der Waals surface area contributed by atoms with Crippen LogP contribution < -0.4 is 15.0 Å². The van der Waals surface area contributed by atoms with Gasteiger partial charge in [-0.1, -0.05) is 41.0 Å². The molecule has 0 radical (unpaired) electrons. The molecule has 1 N–H and O–H groups in total. The van der Waals surface area contributed by atoms with Crippen LogP contribution in [0.5, 0.6) is 5.75 Å². The smallest absolute Gasteiger partial charge is 0.337 e. The highest BCUT2D eigenvalue weighted by Crippen LogP contribution is 2.46. The van der Waals surface area contributed by atoms with Crippen molar-refractivity contribution in [2.45, 2.75) is 0 Å². The van der Waals surface area contributed by atoms with E-state index in [0.29, 0.717) is 50.7 Å². The third-order valence-corrected chi connectivity index (χ3v) is 8.42. The number of fused-ring (bicyclic) bond motifs is 2. The molecule has 9 nitrogen and oxygen atoms in total. The van der Waals surface area contributed by atoms with Gasteiger partial charge in [-0.2, -0.15) is 0 Å². The molecule has 1 fully saturated rings. The molecule has 222 valence electrons. The van der Waals surface area contributed by atoms with Crippen molar-refractivity contribution in [2.24, 2.45) is 0 Å². The zero-order chi connectivity index (χ0) is 30.2. The van der Waals surface area contributed by atoms with E-state index in [2.05, 4.69) is 20.3 Å². The van der Waals surface area contributed by atoms with Gasteiger partial charge in [0.25, 0.3) is 0 Å². The van der Waals surface area contributed by atoms with Crippen molar-refractivity contribution in [1.29, 1.82) is 0 Å². The van der Waals surface area contributed by atoms with Crippen molar-refractivity contribution in [2.75, 3.05) is 56.7 Å². The maximum atomic E-state index is 13.9. The average Bonchev–Trinajstić information content (AvgIpc) is 3.50. The lowest BCUT2D eigenvalue weighted by Gasteiger charge is -2.36. The molecule has 2 heterocycles. The largest absolute Gasteiger partial charge is 0.492 e. The van der Waals surface area contributed by atoms with Gasteiger partial charge in [0.2, 0.25) is 0 Å². The Morgan fingerprint density at radius 3 is 2.43 bits per heavy atom. The van der Waals surface area contributed by atoms with Crippen LogP contribution in [-0.2, 0) is 4.74 Å². The van der Waals surface area contributed by atoms with Crippen LogP contribution in [0.15, 0.2) is 83.4 Å². The highest BCUT2D eigenvalue weighted by molar-refractivity contribution is 6.30. The Balaban J connectivity index is 1.17. The Bertz CT molecular complexity index is 1860. The van der Waals surface area contributed by atoms with Gasteiger partial charge in [0.05, 0.1) is 35.0 Å². The van der Waals surface area contributed by atoms with Gasteiger partial charge in [-0.25, -0.2) is 4.79 Å². The van der Waals surface area contributed by atoms with Crippen molar-refractivity contribution in [1.82, 2.24) is 10.1 Å². The fraction of sp³-hybridized carbons (Fsp3) is 0.206. The molecule has 10 heteroatoms. The number of hydrogen-bond donors (Lipinski definition) is 1. The number of aromatic nitrogens is 1. The maximum absolute atomic E-state index is 13.9. The first kappa shape index (κ1) is 27.9. The van der Waals surface area contributed by atoms with E-state index >= 15 is 0 Å². The lowest BCUT2D eigenvalue weighted by atomic mass is 9.86. The zero-order valence-corrected chi connectivity index (χ0v) is 24.8. The van der Waals surface area contributed by atoms with Crippen LogP contribution in [0.25, 0.3) is 22.2 Å². The minimum Gasteiger partial charge on any atom is -0.492 e. The highest BCUT2D eigenvalue weighted by Gasteiger charge is 2.34. The van der Waals surface area contributed by atoms with Crippen LogP contribution in [-0.4, -0.2) is 68.2 Å². The van der Waals surface area contributed by atoms with Crippen molar-refractivity contribution in [3.63, 3.8) is 0 Å². The van der Waals surface area contributed by atoms with Gasteiger partial charge in [-0.05, 0) is 54.6 Å². The topological polar surface area (TPSA) is 97.1 Å². The minimum absolute atomic E-state index is 0.0907. The van der Waals surface area contributed by atoms with Gasteiger partial charge in [-0.3, -0.25) is 9.69 Å². The van der Waals surface area contributed by atoms with Gasteiger partial charge in [0, 0.05) is 54.6 Å². The molecule has 0 unspecified atom stereocenters. The van der Waals surface area contributed by atoms with E-state index < -0.39 is 5.97 Å². The molecule has 0 bridgehead atoms. The summed E-state index contributed by atoms with van der Waals surface area (Å²) in [6.45, 7) is 4.62. The number of benzene rings is 4. The fourth-order valence-electron chi connectivity index (χ4n) is 5.88. The standard InChI is InChI=1S/C34H29ClN4O5/c1-42-34(41)21-6-10-23(11-7-21)36-27-20-28(31-30-29(27)32(40)25-4-2-3-5-26(25)33(30)44-37-31)39-16-14-38(15-17-39)18-19-43-24-12-8-22(35)9-13-24/h2-13,20,36H,14-19H2,1H3. The molecule has 5 aromatic rings. The first-order chi connectivity index (χ1) is 21.5. The summed E-state index contributed by atoms with van der Waals surface area (Å²) in [6, 6.07) is 23.8. The number of rotatable bonds is 8. The van der Waals surface area contributed by atoms with Gasteiger partial charge >= 0.3 is 5.97 Å². The maximum Gasteiger partial charge on any atom is 0.337 e. The van der Waals surface area contributed by atoms with E-state index in [0.717, 1.165) is 55.4 Å². The number of halogens is 1. The van der Waals surface area contributed by atoms with Crippen molar-refractivity contribution in [3.05, 3.63) is 101 Å². The van der Waals surface area contributed by atoms with Crippen LogP contribution in [0.2, 0.25) is 5.02 Å². The van der Waals surface area contributed by atoms with E-state index in [9.17, 15) is 9.59 Å². The SMILES string of the molecule is COC(=O)c1ccc(Nc2cc(N3CCN(CCOc4ccc(Cl)cc4)CC3)c3noc4c3c2C(=O)c2ccccc2-4)cc1. The molecular weight excluding hydrogens is 580 g/mol. The number of nitrogens with zero attached hydrogens (tertiary/aromatic N) is 3. The molecule has 0 atom stereocenters. The second-order valence-electron chi connectivity index (χ2n) is 10.8. The summed E-state index contributed by atoms with van der Waals surface area (Å²) >= 11 is 5.98. The molecule has 7 rings (SSSR count). The number of anilines is 3. The zero-order valence-electron chi connectivity index (χ0n) is 24.0. The first-order valence-corrected chi connectivity index (χ1v) is 14.8. The van der Waals surface area contributed by atoms with Crippen molar-refractivity contribution in [3.8, 4) is 17.1 Å². The summed E-state index contributed by atoms with van der Waals surface area (Å²) in [7, 11) is 1.35. The number of carbonyl (C=O) groups is 2. The molecular formula is C34H29ClN4O5. The van der Waals surface area contributed by atoms with E-state index in [1.165, 1.54) is 7.11 Å². The molecule has 1 saturated heterocycles. The van der Waals surface area contributed by atoms with Crippen LogP contribution in [0.1, 0.15) is 26.3 Å². The quantitative estimate of drug-likeness (QED) is 0.196. The normalized spacial score (nSPS) is 14.4. The fourth-order valence-corrected chi connectivity index (χ4v) is 6.01. The predicted molar refractivity (Wildman–Crippen MR) is 170 cm³/mol. The summed E-state index contributed by atoms with van der Waals surface area (Å²) < 4.78 is 16.7. The molecule has 0 amide bonds. The summed E-state index contributed by atoms with van der Waals surface area (Å²) in [5, 5.41) is 9.34. The molecule has 44 heavy (non-hydrogen) atoms. The lowest BCUT2D eigenvalue weighted by molar-refractivity contribution is 0.0600. The monoisotopic (exact) mass is 608 g/mol. The third-order valence-electron chi connectivity index (χ3n) is 8.17. The van der Waals surface area contributed by atoms with Crippen LogP contribution in [0.3, 0.4) is 0 Å². The average molecular weight is 609 g/mol. The summed E-state index contributed by atoms with van der Waals surface area (Å²) in [4.78, 5) is 30.5. The summed E-state index contributed by atoms with van der Waals surface area (Å²) in [5.74, 6) is 0.892. The number of ether oxygens (including phenoxy) is 2.